The fourth-order valence-electron chi connectivity index (χ4n) is 4.58. The van der Waals surface area contributed by atoms with Gasteiger partial charge in [-0.05, 0) is 23.8 Å². The molecule has 9 nitrogen and oxygen atoms in total. The molecule has 1 aromatic heterocycles. The Hall–Kier alpha value is -3.85. The van der Waals surface area contributed by atoms with Gasteiger partial charge in [-0.25, -0.2) is 0 Å². The zero-order valence-corrected chi connectivity index (χ0v) is 19.4. The average molecular weight is 481 g/mol. The van der Waals surface area contributed by atoms with Crippen LogP contribution in [0.5, 0.6) is 17.8 Å². The molecule has 34 heavy (non-hydrogen) atoms. The summed E-state index contributed by atoms with van der Waals surface area (Å²) < 4.78 is 16.6. The molecule has 0 saturated carbocycles. The molecule has 1 fully saturated rings. The van der Waals surface area contributed by atoms with Gasteiger partial charge in [0.2, 0.25) is 23.8 Å². The number of ether oxygens (including phenoxy) is 3. The Bertz CT molecular complexity index is 1270. The van der Waals surface area contributed by atoms with Crippen LogP contribution in [0.15, 0.2) is 54.6 Å². The van der Waals surface area contributed by atoms with Gasteiger partial charge in [0, 0.05) is 23.3 Å². The van der Waals surface area contributed by atoms with Gasteiger partial charge < -0.3 is 24.0 Å². The first kappa shape index (κ1) is 22.0. The van der Waals surface area contributed by atoms with E-state index in [-0.39, 0.29) is 36.1 Å². The molecule has 0 radical (unpaired) electrons. The summed E-state index contributed by atoms with van der Waals surface area (Å²) in [6.07, 6.45) is -1.07. The molecule has 0 aliphatic carbocycles. The summed E-state index contributed by atoms with van der Waals surface area (Å²) in [4.78, 5) is 38.0. The molecule has 10 heteroatoms. The second-order valence-electron chi connectivity index (χ2n) is 7.90. The molecule has 2 aromatic carbocycles. The van der Waals surface area contributed by atoms with E-state index in [9.17, 15) is 9.59 Å². The Morgan fingerprint density at radius 1 is 1.00 bits per heavy atom. The summed E-state index contributed by atoms with van der Waals surface area (Å²) in [7, 11) is 4.59. The van der Waals surface area contributed by atoms with Gasteiger partial charge in [0.05, 0.1) is 20.3 Å². The molecule has 174 valence electrons. The number of fused-ring (bicyclic) bond motifs is 3. The fraction of sp³-hybridized carbons (Fsp3) is 0.250. The Labute approximate surface area is 200 Å². The number of methoxy groups -OCH3 is 2. The van der Waals surface area contributed by atoms with Crippen LogP contribution in [0.3, 0.4) is 0 Å². The maximum atomic E-state index is 13.5. The topological polar surface area (TPSA) is 94.1 Å². The number of nitrogens with zero attached hydrogens (tertiary/aromatic N) is 4. The van der Waals surface area contributed by atoms with Gasteiger partial charge in [-0.1, -0.05) is 41.9 Å². The lowest BCUT2D eigenvalue weighted by atomic mass is 9.69. The van der Waals surface area contributed by atoms with E-state index in [1.54, 1.807) is 25.2 Å². The number of likely N-dealkylation sites (N-methyl/N-ethyl adjacent to an activating group) is 1. The van der Waals surface area contributed by atoms with E-state index >= 15 is 0 Å². The quantitative estimate of drug-likeness (QED) is 0.518. The Kier molecular flexibility index (Phi) is 5.28. The molecule has 5 rings (SSSR count). The van der Waals surface area contributed by atoms with Crippen molar-refractivity contribution in [2.45, 2.75) is 11.6 Å². The van der Waals surface area contributed by atoms with Crippen LogP contribution in [-0.2, 0) is 15.1 Å². The number of rotatable bonds is 5. The van der Waals surface area contributed by atoms with Crippen LogP contribution in [0, 0.1) is 0 Å². The molecule has 0 spiro atoms. The number of carbonyl (C=O) groups is 2. The number of benzene rings is 2. The second-order valence-corrected chi connectivity index (χ2v) is 8.34. The molecular formula is C24H21ClN4O5. The minimum Gasteiger partial charge on any atom is -0.481 e. The van der Waals surface area contributed by atoms with Gasteiger partial charge in [0.25, 0.3) is 5.91 Å². The number of hydrogen-bond acceptors (Lipinski definition) is 7. The maximum Gasteiger partial charge on any atom is 0.323 e. The van der Waals surface area contributed by atoms with Gasteiger partial charge >= 0.3 is 6.01 Å². The predicted octanol–water partition coefficient (Wildman–Crippen LogP) is 2.66. The van der Waals surface area contributed by atoms with E-state index < -0.39 is 11.6 Å². The largest absolute Gasteiger partial charge is 0.481 e. The zero-order valence-electron chi connectivity index (χ0n) is 18.7. The van der Waals surface area contributed by atoms with Crippen molar-refractivity contribution in [2.75, 3.05) is 32.7 Å². The Morgan fingerprint density at radius 2 is 1.68 bits per heavy atom. The van der Waals surface area contributed by atoms with E-state index in [0.29, 0.717) is 16.3 Å². The third kappa shape index (κ3) is 3.15. The molecule has 2 atom stereocenters. The highest BCUT2D eigenvalue weighted by molar-refractivity contribution is 6.30. The molecule has 0 unspecified atom stereocenters. The smallest absolute Gasteiger partial charge is 0.323 e. The van der Waals surface area contributed by atoms with Crippen LogP contribution in [0.2, 0.25) is 5.02 Å². The van der Waals surface area contributed by atoms with Crippen molar-refractivity contribution in [2.24, 2.45) is 0 Å². The lowest BCUT2D eigenvalue weighted by molar-refractivity contribution is -0.178. The summed E-state index contributed by atoms with van der Waals surface area (Å²) in [5, 5.41) is 0.467. The van der Waals surface area contributed by atoms with E-state index in [4.69, 9.17) is 25.8 Å². The maximum absolute atomic E-state index is 13.5. The van der Waals surface area contributed by atoms with E-state index in [0.717, 1.165) is 5.56 Å². The molecule has 3 aromatic rings. The van der Waals surface area contributed by atoms with Crippen LogP contribution in [0.1, 0.15) is 11.1 Å². The van der Waals surface area contributed by atoms with Crippen molar-refractivity contribution in [1.82, 2.24) is 14.9 Å². The molecule has 3 heterocycles. The van der Waals surface area contributed by atoms with Gasteiger partial charge in [-0.2, -0.15) is 9.97 Å². The van der Waals surface area contributed by atoms with Crippen LogP contribution >= 0.6 is 11.6 Å². The molecule has 0 bridgehead atoms. The standard InChI is InChI=1S/C24H21ClN4O5/c1-28-17-10-9-15(25)11-16(17)24(14-7-5-4-6-8-14)21(22(31)29(24)13-20(28)30)34-23-26-18(32-2)12-19(27-23)33-3/h4-12,21H,13H2,1-3H3/t21-,24+/m1/s1. The highest BCUT2D eigenvalue weighted by Crippen LogP contribution is 2.53. The molecular weight excluding hydrogens is 460 g/mol. The number of aromatic nitrogens is 2. The van der Waals surface area contributed by atoms with E-state index in [2.05, 4.69) is 9.97 Å². The first-order valence-corrected chi connectivity index (χ1v) is 10.8. The van der Waals surface area contributed by atoms with Gasteiger partial charge in [-0.15, -0.1) is 0 Å². The van der Waals surface area contributed by atoms with Crippen molar-refractivity contribution >= 4 is 29.1 Å². The van der Waals surface area contributed by atoms with Crippen LogP contribution in [0.4, 0.5) is 5.69 Å². The number of anilines is 1. The Morgan fingerprint density at radius 3 is 2.32 bits per heavy atom. The molecule has 2 amide bonds. The highest BCUT2D eigenvalue weighted by atomic mass is 35.5. The monoisotopic (exact) mass is 480 g/mol. The van der Waals surface area contributed by atoms with Gasteiger partial charge in [-0.3, -0.25) is 9.59 Å². The van der Waals surface area contributed by atoms with Crippen molar-refractivity contribution < 1.29 is 23.8 Å². The summed E-state index contributed by atoms with van der Waals surface area (Å²) >= 11 is 6.42. The zero-order chi connectivity index (χ0) is 24.0. The second kappa shape index (κ2) is 8.18. The number of carbonyl (C=O) groups excluding carboxylic acids is 2. The highest BCUT2D eigenvalue weighted by Gasteiger charge is 2.66. The summed E-state index contributed by atoms with van der Waals surface area (Å²) in [6, 6.07) is 16.1. The fourth-order valence-corrected chi connectivity index (χ4v) is 4.75. The van der Waals surface area contributed by atoms with Crippen molar-refractivity contribution in [1.29, 1.82) is 0 Å². The van der Waals surface area contributed by atoms with Crippen LogP contribution < -0.4 is 19.1 Å². The number of β-lactam (4-membered cyclic amide) rings is 1. The van der Waals surface area contributed by atoms with E-state index in [1.807, 2.05) is 30.3 Å². The minimum absolute atomic E-state index is 0.0861. The summed E-state index contributed by atoms with van der Waals surface area (Å²) in [6.45, 7) is -0.126. The predicted molar refractivity (Wildman–Crippen MR) is 123 cm³/mol. The van der Waals surface area contributed by atoms with Crippen molar-refractivity contribution in [3.63, 3.8) is 0 Å². The Balaban J connectivity index is 1.73. The van der Waals surface area contributed by atoms with Gasteiger partial charge in [0.1, 0.15) is 12.1 Å². The normalized spacial score (nSPS) is 21.2. The first-order valence-electron chi connectivity index (χ1n) is 10.5. The van der Waals surface area contributed by atoms with Crippen molar-refractivity contribution in [3.05, 3.63) is 70.7 Å². The minimum atomic E-state index is -1.14. The molecule has 0 N–H and O–H groups in total. The van der Waals surface area contributed by atoms with Crippen LogP contribution in [-0.4, -0.2) is 60.6 Å². The lowest BCUT2D eigenvalue weighted by Crippen LogP contribution is -2.74. The molecule has 2 aliphatic rings. The third-order valence-electron chi connectivity index (χ3n) is 6.21. The summed E-state index contributed by atoms with van der Waals surface area (Å²) in [5.74, 6) is -0.159. The molecule has 1 saturated heterocycles. The average Bonchev–Trinajstić information content (AvgIpc) is 2.94. The lowest BCUT2D eigenvalue weighted by Gasteiger charge is -2.55. The number of halogens is 1. The van der Waals surface area contributed by atoms with Crippen LogP contribution in [0.25, 0.3) is 0 Å². The van der Waals surface area contributed by atoms with Gasteiger partial charge in [0.15, 0.2) is 0 Å². The third-order valence-corrected chi connectivity index (χ3v) is 6.44. The van der Waals surface area contributed by atoms with E-state index in [1.165, 1.54) is 30.1 Å². The summed E-state index contributed by atoms with van der Waals surface area (Å²) in [5.41, 5.74) is 0.921. The first-order chi connectivity index (χ1) is 16.4. The number of hydrogen-bond donors (Lipinski definition) is 0. The number of amides is 2. The SMILES string of the molecule is COc1cc(OC)nc(O[C@@H]2C(=O)N3CC(=O)N(C)c4ccc(Cl)cc4[C@@]23c2ccccc2)n1. The molecule has 2 aliphatic heterocycles. The van der Waals surface area contributed by atoms with Crippen molar-refractivity contribution in [3.8, 4) is 17.8 Å².